The first-order valence-corrected chi connectivity index (χ1v) is 13.5. The fraction of sp³-hybridized carbons (Fsp3) is 0.0556. The highest BCUT2D eigenvalue weighted by Crippen LogP contribution is 2.23. The normalized spacial score (nSPS) is 9.83. The van der Waals surface area contributed by atoms with Crippen LogP contribution in [0.2, 0.25) is 0 Å². The number of carbonyl (C=O) groups excluding carboxylic acids is 2. The molecule has 0 aliphatic carbocycles. The van der Waals surface area contributed by atoms with Gasteiger partial charge in [0, 0.05) is 18.5 Å². The van der Waals surface area contributed by atoms with Crippen molar-refractivity contribution in [3.05, 3.63) is 157 Å². The Morgan fingerprint density at radius 3 is 1.90 bits per heavy atom. The topological polar surface area (TPSA) is 96.6 Å². The number of isocyanates is 1. The maximum absolute atomic E-state index is 12.0. The molecule has 4 N–H and O–H groups in total. The molecule has 2 amide bonds. The number of hydrogen-bond acceptors (Lipinski definition) is 4. The van der Waals surface area contributed by atoms with Crippen LogP contribution in [0.15, 0.2) is 151 Å². The summed E-state index contributed by atoms with van der Waals surface area (Å²) < 4.78 is 0. The molecule has 208 valence electrons. The van der Waals surface area contributed by atoms with E-state index in [1.54, 1.807) is 6.07 Å². The van der Waals surface area contributed by atoms with Gasteiger partial charge >= 0.3 is 6.03 Å². The van der Waals surface area contributed by atoms with Crippen LogP contribution in [-0.2, 0) is 17.9 Å². The third-order valence-corrected chi connectivity index (χ3v) is 6.32. The highest BCUT2D eigenvalue weighted by Gasteiger charge is 2.05. The fourth-order valence-corrected chi connectivity index (χ4v) is 4.19. The smallest absolute Gasteiger partial charge is 0.319 e. The van der Waals surface area contributed by atoms with Crippen molar-refractivity contribution in [3.63, 3.8) is 0 Å². The van der Waals surface area contributed by atoms with Crippen LogP contribution >= 0.6 is 0 Å². The number of nitrogens with one attached hydrogen (secondary N) is 2. The molecule has 0 aliphatic rings. The third-order valence-electron chi connectivity index (χ3n) is 6.32. The van der Waals surface area contributed by atoms with Gasteiger partial charge in [0.15, 0.2) is 0 Å². The molecule has 0 atom stereocenters. The molecule has 0 fully saturated rings. The van der Waals surface area contributed by atoms with Gasteiger partial charge in [-0.3, -0.25) is 0 Å². The predicted octanol–water partition coefficient (Wildman–Crippen LogP) is 8.11. The van der Waals surface area contributed by atoms with Crippen LogP contribution < -0.4 is 16.4 Å². The molecule has 0 bridgehead atoms. The summed E-state index contributed by atoms with van der Waals surface area (Å²) in [5.74, 6) is 0. The van der Waals surface area contributed by atoms with Gasteiger partial charge in [-0.25, -0.2) is 9.59 Å². The molecule has 42 heavy (non-hydrogen) atoms. The molecule has 0 aliphatic heterocycles. The Morgan fingerprint density at radius 2 is 1.24 bits per heavy atom. The van der Waals surface area contributed by atoms with Gasteiger partial charge in [0.05, 0.1) is 11.4 Å². The fourth-order valence-electron chi connectivity index (χ4n) is 4.19. The van der Waals surface area contributed by atoms with Crippen molar-refractivity contribution in [1.82, 2.24) is 5.32 Å². The van der Waals surface area contributed by atoms with Crippen LogP contribution in [-0.4, -0.2) is 12.1 Å². The minimum atomic E-state index is -0.199. The lowest BCUT2D eigenvalue weighted by Gasteiger charge is -2.10. The predicted molar refractivity (Wildman–Crippen MR) is 172 cm³/mol. The monoisotopic (exact) mass is 552 g/mol. The third kappa shape index (κ3) is 9.00. The molecule has 0 saturated heterocycles. The van der Waals surface area contributed by atoms with E-state index in [0.29, 0.717) is 18.8 Å². The molecule has 0 radical (unpaired) electrons. The molecular weight excluding hydrogens is 520 g/mol. The Kier molecular flexibility index (Phi) is 11.1. The first-order valence-electron chi connectivity index (χ1n) is 13.5. The molecule has 0 heterocycles. The number of nitrogens with two attached hydrogens (primary N) is 1. The summed E-state index contributed by atoms with van der Waals surface area (Å²) in [4.78, 5) is 25.6. The number of rotatable bonds is 5. The van der Waals surface area contributed by atoms with E-state index in [2.05, 4.69) is 15.6 Å². The molecule has 0 spiro atoms. The number of fused-ring (bicyclic) bond motifs is 2. The maximum Gasteiger partial charge on any atom is 0.319 e. The Balaban J connectivity index is 0.000000163. The van der Waals surface area contributed by atoms with Crippen LogP contribution in [0.4, 0.5) is 16.2 Å². The van der Waals surface area contributed by atoms with E-state index in [9.17, 15) is 9.59 Å². The minimum Gasteiger partial charge on any atom is -0.334 e. The van der Waals surface area contributed by atoms with Crippen molar-refractivity contribution < 1.29 is 9.59 Å². The highest BCUT2D eigenvalue weighted by atomic mass is 16.2. The Labute approximate surface area is 245 Å². The summed E-state index contributed by atoms with van der Waals surface area (Å²) in [5.41, 5.74) is 9.08. The molecule has 6 heteroatoms. The Bertz CT molecular complexity index is 1760. The maximum atomic E-state index is 12.0. The highest BCUT2D eigenvalue weighted by molar-refractivity contribution is 6.01. The van der Waals surface area contributed by atoms with Crippen molar-refractivity contribution >= 4 is 45.0 Å². The van der Waals surface area contributed by atoms with Gasteiger partial charge in [0.1, 0.15) is 0 Å². The van der Waals surface area contributed by atoms with Gasteiger partial charge in [-0.05, 0) is 45.5 Å². The summed E-state index contributed by atoms with van der Waals surface area (Å²) in [6.07, 6.45) is 1.52. The second-order valence-electron chi connectivity index (χ2n) is 9.24. The number of nitrogens with zero attached hydrogens (tertiary/aromatic N) is 1. The summed E-state index contributed by atoms with van der Waals surface area (Å²) in [6, 6.07) is 47.0. The quantitative estimate of drug-likeness (QED) is 0.149. The van der Waals surface area contributed by atoms with Gasteiger partial charge in [-0.15, -0.1) is 0 Å². The van der Waals surface area contributed by atoms with E-state index in [-0.39, 0.29) is 6.03 Å². The minimum absolute atomic E-state index is 0.199. The van der Waals surface area contributed by atoms with E-state index >= 15 is 0 Å². The second-order valence-corrected chi connectivity index (χ2v) is 9.24. The van der Waals surface area contributed by atoms with Gasteiger partial charge in [-0.2, -0.15) is 4.99 Å². The van der Waals surface area contributed by atoms with Crippen LogP contribution in [0.3, 0.4) is 0 Å². The average molecular weight is 553 g/mol. The lowest BCUT2D eigenvalue weighted by Crippen LogP contribution is -2.28. The zero-order chi connectivity index (χ0) is 29.4. The number of anilines is 1. The zero-order valence-electron chi connectivity index (χ0n) is 23.1. The number of carbonyl (C=O) groups is 1. The van der Waals surface area contributed by atoms with Crippen LogP contribution in [0.25, 0.3) is 21.5 Å². The number of amides is 2. The van der Waals surface area contributed by atoms with Crippen molar-refractivity contribution in [3.8, 4) is 0 Å². The van der Waals surface area contributed by atoms with Crippen LogP contribution in [0.5, 0.6) is 0 Å². The average Bonchev–Trinajstić information content (AvgIpc) is 3.05. The number of hydrogen-bond donors (Lipinski definition) is 3. The largest absolute Gasteiger partial charge is 0.334 e. The van der Waals surface area contributed by atoms with Crippen LogP contribution in [0, 0.1) is 0 Å². The summed E-state index contributed by atoms with van der Waals surface area (Å²) >= 11 is 0. The first kappa shape index (κ1) is 29.4. The SMILES string of the molecule is NCc1ccccc1.O=C(NCc1ccccc1)Nc1cccc2ccccc12.O=C=Nc1ccc2ccccc2c1. The molecule has 6 nitrogen and oxygen atoms in total. The summed E-state index contributed by atoms with van der Waals surface area (Å²) in [6.45, 7) is 1.15. The summed E-state index contributed by atoms with van der Waals surface area (Å²) in [5, 5.41) is 10.1. The Morgan fingerprint density at radius 1 is 0.643 bits per heavy atom. The standard InChI is InChI=1S/C18H16N2O.C11H7NO.C7H9N/c21-18(19-13-14-7-2-1-3-8-14)20-17-12-6-10-15-9-4-5-11-16(15)17;13-8-12-11-6-5-9-3-1-2-4-10(9)7-11;8-6-7-4-2-1-3-5-7/h1-12H,13H2,(H2,19,20,21);1-7H;1-5H,6,8H2. The summed E-state index contributed by atoms with van der Waals surface area (Å²) in [7, 11) is 0. The molecule has 0 saturated carbocycles. The lowest BCUT2D eigenvalue weighted by atomic mass is 10.1. The lowest BCUT2D eigenvalue weighted by molar-refractivity contribution is 0.252. The molecule has 0 aromatic heterocycles. The molecular formula is C36H32N4O2. The van der Waals surface area contributed by atoms with Crippen molar-refractivity contribution in [2.24, 2.45) is 10.7 Å². The van der Waals surface area contributed by atoms with Crippen molar-refractivity contribution in [2.75, 3.05) is 5.32 Å². The van der Waals surface area contributed by atoms with Crippen LogP contribution in [0.1, 0.15) is 11.1 Å². The van der Waals surface area contributed by atoms with Gasteiger partial charge in [0.25, 0.3) is 0 Å². The van der Waals surface area contributed by atoms with Crippen molar-refractivity contribution in [2.45, 2.75) is 13.1 Å². The number of urea groups is 1. The van der Waals surface area contributed by atoms with E-state index < -0.39 is 0 Å². The zero-order valence-corrected chi connectivity index (χ0v) is 23.1. The molecule has 0 unspecified atom stereocenters. The van der Waals surface area contributed by atoms with E-state index in [4.69, 9.17) is 5.73 Å². The Hall–Kier alpha value is -5.55. The second kappa shape index (κ2) is 15.9. The number of aliphatic imine (C=N–C) groups is 1. The molecule has 6 aromatic rings. The number of benzene rings is 6. The van der Waals surface area contributed by atoms with E-state index in [1.165, 1.54) is 11.6 Å². The first-order chi connectivity index (χ1) is 20.7. The molecule has 6 rings (SSSR count). The van der Waals surface area contributed by atoms with E-state index in [1.807, 2.05) is 140 Å². The van der Waals surface area contributed by atoms with Gasteiger partial charge in [0.2, 0.25) is 6.08 Å². The van der Waals surface area contributed by atoms with Gasteiger partial charge < -0.3 is 16.4 Å². The van der Waals surface area contributed by atoms with E-state index in [0.717, 1.165) is 32.8 Å². The van der Waals surface area contributed by atoms with Crippen molar-refractivity contribution in [1.29, 1.82) is 0 Å². The molecule has 6 aromatic carbocycles. The van der Waals surface area contributed by atoms with Gasteiger partial charge in [-0.1, -0.05) is 127 Å².